The van der Waals surface area contributed by atoms with Crippen LogP contribution in [0.3, 0.4) is 0 Å². The van der Waals surface area contributed by atoms with Gasteiger partial charge in [0.25, 0.3) is 0 Å². The number of benzene rings is 2. The molecule has 2 unspecified atom stereocenters. The Hall–Kier alpha value is -2.06. The first kappa shape index (κ1) is 37.8. The predicted molar refractivity (Wildman–Crippen MR) is 178 cm³/mol. The zero-order valence-corrected chi connectivity index (χ0v) is 28.8. The molecular weight excluding hydrogens is 726 g/mol. The second-order valence-corrected chi connectivity index (χ2v) is 14.9. The van der Waals surface area contributed by atoms with E-state index in [-0.39, 0.29) is 44.9 Å². The number of ketones is 2. The summed E-state index contributed by atoms with van der Waals surface area (Å²) in [6.45, 7) is 11.9. The minimum atomic E-state index is -4.24. The lowest BCUT2D eigenvalue weighted by atomic mass is 10.1. The zero-order chi connectivity index (χ0) is 34.4. The highest BCUT2D eigenvalue weighted by Gasteiger charge is 2.55. The van der Waals surface area contributed by atoms with Crippen LogP contribution in [0.2, 0.25) is 0 Å². The van der Waals surface area contributed by atoms with Crippen molar-refractivity contribution in [2.75, 3.05) is 26.2 Å². The Kier molecular flexibility index (Phi) is 13.3. The number of nitrogens with one attached hydrogen (secondary N) is 1. The van der Waals surface area contributed by atoms with Crippen LogP contribution in [0.25, 0.3) is 0 Å². The van der Waals surface area contributed by atoms with Crippen molar-refractivity contribution in [3.63, 3.8) is 0 Å². The van der Waals surface area contributed by atoms with Gasteiger partial charge in [-0.05, 0) is 120 Å². The van der Waals surface area contributed by atoms with Gasteiger partial charge in [-0.1, -0.05) is 53.4 Å². The summed E-state index contributed by atoms with van der Waals surface area (Å²) in [5.41, 5.74) is -6.45. The molecule has 2 aliphatic carbocycles. The molecule has 4 fully saturated rings. The standard InChI is InChI=1S/C17H18F3NOS.C9H13NO.C8H6BrF3S/c1-2-12(22)7-14-15-9-21(10-16(14)15)8-11-3-5-13(6-4-11)23-17(18,19)20;1-2-6(11)3-7-8-4-10-5-9(7)8;9-5-6-1-3-7(4-2-6)13-8(10,11)12/h2-6,14-16H,1,7-10H2;2,7-10H,1,3-5H2;1-4H,5H2/t14?,15-,16+;7?,8-,9+;. The summed E-state index contributed by atoms with van der Waals surface area (Å²) in [6, 6.07) is 12.8. The van der Waals surface area contributed by atoms with Crippen molar-refractivity contribution in [1.82, 2.24) is 10.2 Å². The third-order valence-corrected chi connectivity index (χ3v) is 11.0. The van der Waals surface area contributed by atoms with Gasteiger partial charge in [0.15, 0.2) is 11.6 Å². The highest BCUT2D eigenvalue weighted by molar-refractivity contribution is 9.08. The van der Waals surface area contributed by atoms with Crippen LogP contribution in [0.1, 0.15) is 24.0 Å². The highest BCUT2D eigenvalue weighted by atomic mass is 79.9. The number of hydrogen-bond acceptors (Lipinski definition) is 6. The maximum Gasteiger partial charge on any atom is 0.446 e. The maximum absolute atomic E-state index is 12.3. The number of carbonyl (C=O) groups excluding carboxylic acids is 2. The molecule has 2 saturated heterocycles. The minimum absolute atomic E-state index is 0.0859. The van der Waals surface area contributed by atoms with Gasteiger partial charge < -0.3 is 5.32 Å². The normalized spacial score (nSPS) is 25.7. The number of rotatable bonds is 11. The topological polar surface area (TPSA) is 49.4 Å². The third-order valence-electron chi connectivity index (χ3n) is 8.92. The van der Waals surface area contributed by atoms with E-state index in [1.165, 1.54) is 36.4 Å². The van der Waals surface area contributed by atoms with Crippen molar-refractivity contribution in [3.8, 4) is 0 Å². The number of hydrogen-bond donors (Lipinski definition) is 1. The highest BCUT2D eigenvalue weighted by Crippen LogP contribution is 2.54. The molecule has 47 heavy (non-hydrogen) atoms. The number of alkyl halides is 7. The lowest BCUT2D eigenvalue weighted by Crippen LogP contribution is -2.24. The van der Waals surface area contributed by atoms with E-state index >= 15 is 0 Å². The van der Waals surface area contributed by atoms with Crippen molar-refractivity contribution in [2.45, 2.75) is 45.5 Å². The monoisotopic (exact) mass is 762 g/mol. The molecule has 2 saturated carbocycles. The van der Waals surface area contributed by atoms with Gasteiger partial charge in [-0.2, -0.15) is 26.3 Å². The summed E-state index contributed by atoms with van der Waals surface area (Å²) in [7, 11) is 0. The average Bonchev–Trinajstić information content (AvgIpc) is 3.62. The number of likely N-dealkylation sites (tertiary alicyclic amines) is 1. The number of nitrogens with zero attached hydrogens (tertiary/aromatic N) is 1. The summed E-state index contributed by atoms with van der Waals surface area (Å²) in [4.78, 5) is 25.1. The fourth-order valence-corrected chi connectivity index (χ4v) is 7.94. The van der Waals surface area contributed by atoms with Crippen LogP contribution in [0, 0.1) is 35.5 Å². The van der Waals surface area contributed by atoms with Gasteiger partial charge in [-0.15, -0.1) is 0 Å². The molecule has 2 heterocycles. The van der Waals surface area contributed by atoms with Crippen LogP contribution in [0.15, 0.2) is 83.6 Å². The van der Waals surface area contributed by atoms with Crippen LogP contribution in [0.4, 0.5) is 26.3 Å². The molecule has 6 atom stereocenters. The Balaban J connectivity index is 0.000000176. The summed E-state index contributed by atoms with van der Waals surface area (Å²) < 4.78 is 72.5. The second-order valence-electron chi connectivity index (χ2n) is 12.1. The average molecular weight is 764 g/mol. The van der Waals surface area contributed by atoms with E-state index in [1.54, 1.807) is 24.3 Å². The molecule has 256 valence electrons. The molecule has 2 aromatic carbocycles. The summed E-state index contributed by atoms with van der Waals surface area (Å²) >= 11 is 3.03. The molecular formula is C34H37BrF6N2O2S2. The molecule has 0 bridgehead atoms. The molecule has 4 aliphatic rings. The zero-order valence-electron chi connectivity index (χ0n) is 25.5. The van der Waals surface area contributed by atoms with E-state index in [0.717, 1.165) is 62.1 Å². The molecule has 0 radical (unpaired) electrons. The fraction of sp³-hybridized carbons (Fsp3) is 0.471. The number of thioether (sulfide) groups is 2. The molecule has 0 aromatic heterocycles. The molecule has 0 amide bonds. The van der Waals surface area contributed by atoms with Crippen LogP contribution >= 0.6 is 39.5 Å². The number of fused-ring (bicyclic) bond motifs is 2. The van der Waals surface area contributed by atoms with Crippen LogP contribution in [-0.2, 0) is 21.5 Å². The minimum Gasteiger partial charge on any atom is -0.316 e. The largest absolute Gasteiger partial charge is 0.446 e. The summed E-state index contributed by atoms with van der Waals surface area (Å²) in [5.74, 6) is 4.32. The van der Waals surface area contributed by atoms with Gasteiger partial charge in [-0.3, -0.25) is 14.5 Å². The van der Waals surface area contributed by atoms with E-state index < -0.39 is 11.0 Å². The molecule has 0 spiro atoms. The molecule has 2 aromatic rings. The van der Waals surface area contributed by atoms with Gasteiger partial charge in [0.2, 0.25) is 0 Å². The third kappa shape index (κ3) is 12.1. The Morgan fingerprint density at radius 2 is 1.15 bits per heavy atom. The molecule has 2 aliphatic heterocycles. The van der Waals surface area contributed by atoms with Crippen LogP contribution in [0.5, 0.6) is 0 Å². The molecule has 6 rings (SSSR count). The Morgan fingerprint density at radius 3 is 1.53 bits per heavy atom. The SMILES string of the molecule is C=CC(=O)CC1[C@H]2CN(Cc3ccc(SC(F)(F)F)cc3)C[C@@H]12.C=CC(=O)CC1[C@H]2CNC[C@@H]12.FC(F)(F)Sc1ccc(CBr)cc1. The van der Waals surface area contributed by atoms with E-state index in [4.69, 9.17) is 0 Å². The number of piperidine rings is 2. The quantitative estimate of drug-likeness (QED) is 0.107. The van der Waals surface area contributed by atoms with Crippen molar-refractivity contribution < 1.29 is 35.9 Å². The van der Waals surface area contributed by atoms with Gasteiger partial charge in [0.05, 0.1) is 0 Å². The Morgan fingerprint density at radius 1 is 0.745 bits per heavy atom. The van der Waals surface area contributed by atoms with Crippen molar-refractivity contribution >= 4 is 51.0 Å². The van der Waals surface area contributed by atoms with Gasteiger partial charge in [0, 0.05) is 47.6 Å². The van der Waals surface area contributed by atoms with Gasteiger partial charge in [0.1, 0.15) is 0 Å². The lowest BCUT2D eigenvalue weighted by molar-refractivity contribution is -0.115. The first-order valence-electron chi connectivity index (χ1n) is 15.2. The number of allylic oxidation sites excluding steroid dienone is 2. The fourth-order valence-electron chi connectivity index (χ4n) is 6.48. The first-order chi connectivity index (χ1) is 22.2. The Bertz CT molecular complexity index is 1360. The molecule has 1 N–H and O–H groups in total. The van der Waals surface area contributed by atoms with E-state index in [9.17, 15) is 35.9 Å². The molecule has 13 heteroatoms. The molecule has 4 nitrogen and oxygen atoms in total. The Labute approximate surface area is 288 Å². The summed E-state index contributed by atoms with van der Waals surface area (Å²) in [5, 5.41) is 3.96. The van der Waals surface area contributed by atoms with E-state index in [1.807, 2.05) is 0 Å². The first-order valence-corrected chi connectivity index (χ1v) is 17.9. The van der Waals surface area contributed by atoms with Gasteiger partial charge in [-0.25, -0.2) is 0 Å². The van der Waals surface area contributed by atoms with Crippen molar-refractivity contribution in [2.24, 2.45) is 35.5 Å². The van der Waals surface area contributed by atoms with E-state index in [2.05, 4.69) is 39.3 Å². The van der Waals surface area contributed by atoms with Gasteiger partial charge >= 0.3 is 11.0 Å². The smallest absolute Gasteiger partial charge is 0.316 e. The van der Waals surface area contributed by atoms with Crippen molar-refractivity contribution in [1.29, 1.82) is 0 Å². The van der Waals surface area contributed by atoms with Crippen LogP contribution in [-0.4, -0.2) is 53.7 Å². The van der Waals surface area contributed by atoms with E-state index in [0.29, 0.717) is 35.4 Å². The second kappa shape index (κ2) is 16.6. The summed E-state index contributed by atoms with van der Waals surface area (Å²) in [6.07, 6.45) is 4.18. The lowest BCUT2D eigenvalue weighted by Gasteiger charge is -2.19. The van der Waals surface area contributed by atoms with Crippen LogP contribution < -0.4 is 5.32 Å². The van der Waals surface area contributed by atoms with Crippen molar-refractivity contribution in [3.05, 3.63) is 85.0 Å². The maximum atomic E-state index is 12.3. The number of carbonyl (C=O) groups is 2. The number of halogens is 7. The predicted octanol–water partition coefficient (Wildman–Crippen LogP) is 8.91.